The number of benzene rings is 2. The average Bonchev–Trinajstić information content (AvgIpc) is 2.64. The summed E-state index contributed by atoms with van der Waals surface area (Å²) < 4.78 is 66.0. The second kappa shape index (κ2) is 8.41. The Bertz CT molecular complexity index is 910. The maximum atomic E-state index is 12.8. The van der Waals surface area contributed by atoms with Gasteiger partial charge in [-0.3, -0.25) is 4.90 Å². The summed E-state index contributed by atoms with van der Waals surface area (Å²) in [6.07, 6.45) is -3.41. The van der Waals surface area contributed by atoms with Crippen LogP contribution in [0.4, 0.5) is 13.2 Å². The van der Waals surface area contributed by atoms with Gasteiger partial charge in [-0.1, -0.05) is 29.8 Å². The predicted molar refractivity (Wildman–Crippen MR) is 102 cm³/mol. The Balaban J connectivity index is 1.58. The molecule has 28 heavy (non-hydrogen) atoms. The lowest BCUT2D eigenvalue weighted by Gasteiger charge is -2.32. The zero-order valence-electron chi connectivity index (χ0n) is 14.9. The standard InChI is InChI=1S/C19H20ClF3N2O2S/c20-16-6-4-14(5-7-16)13-25-10-8-17(9-11-25)24-28(26,27)18-3-1-2-15(12-18)19(21,22)23/h1-7,12,17,24H,8-11,13H2. The van der Waals surface area contributed by atoms with Gasteiger partial charge in [0.2, 0.25) is 10.0 Å². The van der Waals surface area contributed by atoms with Gasteiger partial charge in [0.1, 0.15) is 0 Å². The fourth-order valence-electron chi connectivity index (χ4n) is 3.18. The molecule has 2 aromatic carbocycles. The zero-order valence-corrected chi connectivity index (χ0v) is 16.5. The van der Waals surface area contributed by atoms with Crippen molar-refractivity contribution >= 4 is 21.6 Å². The lowest BCUT2D eigenvalue weighted by Crippen LogP contribution is -2.44. The van der Waals surface area contributed by atoms with Crippen LogP contribution in [0.2, 0.25) is 5.02 Å². The fourth-order valence-corrected chi connectivity index (χ4v) is 4.66. The number of piperidine rings is 1. The molecule has 0 spiro atoms. The Kier molecular flexibility index (Phi) is 6.34. The summed E-state index contributed by atoms with van der Waals surface area (Å²) in [5, 5.41) is 0.673. The third kappa shape index (κ3) is 5.47. The van der Waals surface area contributed by atoms with Gasteiger partial charge in [0, 0.05) is 30.7 Å². The van der Waals surface area contributed by atoms with Crippen LogP contribution >= 0.6 is 11.6 Å². The molecule has 152 valence electrons. The number of sulfonamides is 1. The summed E-state index contributed by atoms with van der Waals surface area (Å²) >= 11 is 5.88. The van der Waals surface area contributed by atoms with Crippen LogP contribution < -0.4 is 4.72 Å². The molecular formula is C19H20ClF3N2O2S. The minimum absolute atomic E-state index is 0.305. The van der Waals surface area contributed by atoms with Crippen LogP contribution in [0.5, 0.6) is 0 Å². The molecule has 2 aromatic rings. The second-order valence-corrected chi connectivity index (χ2v) is 8.97. The Morgan fingerprint density at radius 3 is 2.32 bits per heavy atom. The van der Waals surface area contributed by atoms with Gasteiger partial charge in [0.15, 0.2) is 0 Å². The SMILES string of the molecule is O=S(=O)(NC1CCN(Cc2ccc(Cl)cc2)CC1)c1cccc(C(F)(F)F)c1. The van der Waals surface area contributed by atoms with Gasteiger partial charge in [-0.05, 0) is 48.7 Å². The van der Waals surface area contributed by atoms with Crippen molar-refractivity contribution < 1.29 is 21.6 Å². The number of alkyl halides is 3. The highest BCUT2D eigenvalue weighted by Crippen LogP contribution is 2.30. The molecule has 1 aliphatic rings. The lowest BCUT2D eigenvalue weighted by molar-refractivity contribution is -0.137. The molecule has 0 amide bonds. The van der Waals surface area contributed by atoms with Gasteiger partial charge in [-0.2, -0.15) is 13.2 Å². The van der Waals surface area contributed by atoms with Crippen LogP contribution in [-0.2, 0) is 22.7 Å². The van der Waals surface area contributed by atoms with E-state index in [0.717, 1.165) is 24.2 Å². The molecule has 1 aliphatic heterocycles. The van der Waals surface area contributed by atoms with Crippen molar-refractivity contribution in [1.82, 2.24) is 9.62 Å². The minimum atomic E-state index is -4.58. The summed E-state index contributed by atoms with van der Waals surface area (Å²) in [7, 11) is -4.01. The fraction of sp³-hybridized carbons (Fsp3) is 0.368. The van der Waals surface area contributed by atoms with E-state index in [1.54, 1.807) is 0 Å². The highest BCUT2D eigenvalue weighted by atomic mass is 35.5. The van der Waals surface area contributed by atoms with E-state index < -0.39 is 21.8 Å². The molecule has 1 N–H and O–H groups in total. The van der Waals surface area contributed by atoms with Gasteiger partial charge < -0.3 is 0 Å². The summed E-state index contributed by atoms with van der Waals surface area (Å²) in [6.45, 7) is 2.13. The second-order valence-electron chi connectivity index (χ2n) is 6.82. The monoisotopic (exact) mass is 432 g/mol. The number of nitrogens with zero attached hydrogens (tertiary/aromatic N) is 1. The Morgan fingerprint density at radius 1 is 1.07 bits per heavy atom. The first kappa shape index (κ1) is 21.1. The van der Waals surface area contributed by atoms with Crippen molar-refractivity contribution in [2.24, 2.45) is 0 Å². The Labute approximate surface area is 167 Å². The van der Waals surface area contributed by atoms with Gasteiger partial charge in [0.25, 0.3) is 0 Å². The molecule has 4 nitrogen and oxygen atoms in total. The van der Waals surface area contributed by atoms with Crippen molar-refractivity contribution in [3.05, 3.63) is 64.7 Å². The molecule has 0 aromatic heterocycles. The van der Waals surface area contributed by atoms with E-state index in [-0.39, 0.29) is 10.9 Å². The first-order valence-corrected chi connectivity index (χ1v) is 10.7. The van der Waals surface area contributed by atoms with Crippen LogP contribution in [0.25, 0.3) is 0 Å². The van der Waals surface area contributed by atoms with E-state index in [0.29, 0.717) is 37.0 Å². The number of nitrogens with one attached hydrogen (secondary N) is 1. The van der Waals surface area contributed by atoms with Crippen molar-refractivity contribution in [2.75, 3.05) is 13.1 Å². The van der Waals surface area contributed by atoms with E-state index in [1.807, 2.05) is 24.3 Å². The maximum absolute atomic E-state index is 12.8. The molecule has 0 atom stereocenters. The highest BCUT2D eigenvalue weighted by molar-refractivity contribution is 7.89. The van der Waals surface area contributed by atoms with Crippen LogP contribution in [0.1, 0.15) is 24.0 Å². The van der Waals surface area contributed by atoms with E-state index >= 15 is 0 Å². The van der Waals surface area contributed by atoms with Crippen molar-refractivity contribution in [2.45, 2.75) is 36.5 Å². The van der Waals surface area contributed by atoms with Crippen molar-refractivity contribution in [3.8, 4) is 0 Å². The molecule has 0 aliphatic carbocycles. The normalized spacial score (nSPS) is 17.0. The number of hydrogen-bond acceptors (Lipinski definition) is 3. The van der Waals surface area contributed by atoms with Crippen LogP contribution in [0, 0.1) is 0 Å². The number of rotatable bonds is 5. The smallest absolute Gasteiger partial charge is 0.299 e. The first-order chi connectivity index (χ1) is 13.1. The van der Waals surface area contributed by atoms with Gasteiger partial charge in [0.05, 0.1) is 10.5 Å². The third-order valence-corrected chi connectivity index (χ3v) is 6.47. The molecule has 0 bridgehead atoms. The molecule has 1 fully saturated rings. The van der Waals surface area contributed by atoms with E-state index in [9.17, 15) is 21.6 Å². The van der Waals surface area contributed by atoms with E-state index in [4.69, 9.17) is 11.6 Å². The van der Waals surface area contributed by atoms with E-state index in [2.05, 4.69) is 9.62 Å². The molecule has 1 saturated heterocycles. The van der Waals surface area contributed by atoms with E-state index in [1.165, 1.54) is 6.07 Å². The Hall–Kier alpha value is -1.61. The Morgan fingerprint density at radius 2 is 1.71 bits per heavy atom. The topological polar surface area (TPSA) is 49.4 Å². The number of likely N-dealkylation sites (tertiary alicyclic amines) is 1. The number of hydrogen-bond donors (Lipinski definition) is 1. The molecule has 0 radical (unpaired) electrons. The van der Waals surface area contributed by atoms with Gasteiger partial charge in [-0.15, -0.1) is 0 Å². The quantitative estimate of drug-likeness (QED) is 0.766. The largest absolute Gasteiger partial charge is 0.416 e. The van der Waals surface area contributed by atoms with Crippen molar-refractivity contribution in [3.63, 3.8) is 0 Å². The maximum Gasteiger partial charge on any atom is 0.416 e. The summed E-state index contributed by atoms with van der Waals surface area (Å²) in [4.78, 5) is 1.84. The highest BCUT2D eigenvalue weighted by Gasteiger charge is 2.32. The molecule has 9 heteroatoms. The zero-order chi connectivity index (χ0) is 20.4. The summed E-state index contributed by atoms with van der Waals surface area (Å²) in [5.74, 6) is 0. The third-order valence-electron chi connectivity index (χ3n) is 4.70. The predicted octanol–water partition coefficient (Wildman–Crippen LogP) is 4.30. The molecule has 1 heterocycles. The average molecular weight is 433 g/mol. The lowest BCUT2D eigenvalue weighted by atomic mass is 10.1. The van der Waals surface area contributed by atoms with Gasteiger partial charge >= 0.3 is 6.18 Å². The summed E-state index contributed by atoms with van der Waals surface area (Å²) in [6, 6.07) is 11.0. The first-order valence-electron chi connectivity index (χ1n) is 8.80. The molecule has 0 unspecified atom stereocenters. The molecule has 3 rings (SSSR count). The van der Waals surface area contributed by atoms with Crippen LogP contribution in [0.15, 0.2) is 53.4 Å². The van der Waals surface area contributed by atoms with Crippen LogP contribution in [0.3, 0.4) is 0 Å². The minimum Gasteiger partial charge on any atom is -0.299 e. The molecular weight excluding hydrogens is 413 g/mol. The van der Waals surface area contributed by atoms with Crippen molar-refractivity contribution in [1.29, 1.82) is 0 Å². The molecule has 0 saturated carbocycles. The number of halogens is 4. The van der Waals surface area contributed by atoms with Gasteiger partial charge in [-0.25, -0.2) is 13.1 Å². The van der Waals surface area contributed by atoms with Crippen LogP contribution in [-0.4, -0.2) is 32.4 Å². The summed E-state index contributed by atoms with van der Waals surface area (Å²) in [5.41, 5.74) is 0.139.